The summed E-state index contributed by atoms with van der Waals surface area (Å²) in [4.78, 5) is 2.50. The van der Waals surface area contributed by atoms with E-state index in [0.717, 1.165) is 50.3 Å². The minimum absolute atomic E-state index is 0.217. The molecule has 3 heteroatoms. The third-order valence-electron chi connectivity index (χ3n) is 17.4. The molecule has 12 aromatic rings. The van der Waals surface area contributed by atoms with Gasteiger partial charge in [0, 0.05) is 66.0 Å². The number of hydrogen-bond acceptors (Lipinski definition) is 3. The molecule has 0 atom stereocenters. The molecule has 3 aliphatic rings. The minimum Gasteiger partial charge on any atom is -0.455 e. The minimum atomic E-state index is -0.345. The van der Waals surface area contributed by atoms with Crippen LogP contribution in [0.2, 0.25) is 0 Å². The number of para-hydroxylation sites is 2. The summed E-state index contributed by atoms with van der Waals surface area (Å²) in [6.07, 6.45) is 0. The monoisotopic (exact) mass is 953 g/mol. The number of anilines is 3. The number of furan rings is 2. The molecule has 15 rings (SSSR count). The second kappa shape index (κ2) is 14.9. The standard InChI is InChI=1S/C71H55NO2/c1-40-34-41(2)36-45(35-40)72(44-31-33-50-56(38-44)71(7,8)66-64(50)68-63(52-26-16-19-29-59(52)74-68)61-48-24-14-17-27-54(48)70(5,6)65(61)66)43-30-32-49-55(37-43)69(3,4)57-39-53(47-23-13-12-22-46(47)42-20-10-9-11-21-42)67-62(60(49)57)51-25-15-18-28-58(51)73-67/h9-39H,1-8H3. The Labute approximate surface area is 432 Å². The molecule has 0 radical (unpaired) electrons. The van der Waals surface area contributed by atoms with Gasteiger partial charge in [0.25, 0.3) is 0 Å². The maximum absolute atomic E-state index is 7.07. The molecule has 2 heterocycles. The highest BCUT2D eigenvalue weighted by molar-refractivity contribution is 6.22. The Hall–Kier alpha value is -8.40. The third-order valence-corrected chi connectivity index (χ3v) is 17.4. The van der Waals surface area contributed by atoms with Gasteiger partial charge in [0.1, 0.15) is 22.3 Å². The fourth-order valence-electron chi connectivity index (χ4n) is 14.2. The Bertz CT molecular complexity index is 4400. The van der Waals surface area contributed by atoms with E-state index in [-0.39, 0.29) is 16.2 Å². The second-order valence-corrected chi connectivity index (χ2v) is 22.9. The summed E-state index contributed by atoms with van der Waals surface area (Å²) in [5, 5.41) is 4.72. The summed E-state index contributed by atoms with van der Waals surface area (Å²) in [5.41, 5.74) is 29.1. The number of aryl methyl sites for hydroxylation is 2. The van der Waals surface area contributed by atoms with Crippen LogP contribution in [0.25, 0.3) is 99.5 Å². The van der Waals surface area contributed by atoms with E-state index in [4.69, 9.17) is 8.83 Å². The van der Waals surface area contributed by atoms with Gasteiger partial charge in [-0.2, -0.15) is 0 Å². The van der Waals surface area contributed by atoms with Gasteiger partial charge < -0.3 is 13.7 Å². The summed E-state index contributed by atoms with van der Waals surface area (Å²) in [6, 6.07) is 69.7. The van der Waals surface area contributed by atoms with Crippen molar-refractivity contribution in [1.29, 1.82) is 0 Å². The predicted molar refractivity (Wildman–Crippen MR) is 309 cm³/mol. The van der Waals surface area contributed by atoms with Crippen molar-refractivity contribution in [3.8, 4) is 55.6 Å². The highest BCUT2D eigenvalue weighted by Gasteiger charge is 2.49. The summed E-state index contributed by atoms with van der Waals surface area (Å²) in [5.74, 6) is 0. The molecule has 0 spiro atoms. The van der Waals surface area contributed by atoms with Gasteiger partial charge in [-0.05, 0) is 157 Å². The zero-order chi connectivity index (χ0) is 50.2. The molecular weight excluding hydrogens is 899 g/mol. The molecule has 2 aromatic heterocycles. The molecule has 3 aliphatic carbocycles. The summed E-state index contributed by atoms with van der Waals surface area (Å²) >= 11 is 0. The van der Waals surface area contributed by atoms with Crippen LogP contribution < -0.4 is 4.90 Å². The molecule has 0 bridgehead atoms. The van der Waals surface area contributed by atoms with Crippen LogP contribution in [0.1, 0.15) is 86.1 Å². The van der Waals surface area contributed by atoms with Crippen molar-refractivity contribution in [2.45, 2.75) is 71.6 Å². The Morgan fingerprint density at radius 2 is 0.838 bits per heavy atom. The molecule has 0 unspecified atom stereocenters. The summed E-state index contributed by atoms with van der Waals surface area (Å²) in [7, 11) is 0. The topological polar surface area (TPSA) is 29.5 Å². The first-order valence-electron chi connectivity index (χ1n) is 26.2. The van der Waals surface area contributed by atoms with Gasteiger partial charge in [-0.15, -0.1) is 0 Å². The van der Waals surface area contributed by atoms with E-state index in [9.17, 15) is 0 Å². The fraction of sp³-hybridized carbons (Fsp3) is 0.155. The average Bonchev–Trinajstić information content (AvgIpc) is 4.20. The van der Waals surface area contributed by atoms with Gasteiger partial charge in [-0.25, -0.2) is 0 Å². The van der Waals surface area contributed by atoms with Crippen LogP contribution in [0.5, 0.6) is 0 Å². The Kier molecular flexibility index (Phi) is 8.68. The van der Waals surface area contributed by atoms with Crippen molar-refractivity contribution >= 4 is 60.9 Å². The molecule has 74 heavy (non-hydrogen) atoms. The highest BCUT2D eigenvalue weighted by atomic mass is 16.3. The third kappa shape index (κ3) is 5.67. The molecule has 3 nitrogen and oxygen atoms in total. The van der Waals surface area contributed by atoms with Crippen molar-refractivity contribution in [2.24, 2.45) is 0 Å². The molecular formula is C71H55NO2. The molecule has 0 amide bonds. The highest BCUT2D eigenvalue weighted by Crippen LogP contribution is 2.64. The molecule has 10 aromatic carbocycles. The van der Waals surface area contributed by atoms with Crippen LogP contribution in [0, 0.1) is 13.8 Å². The Morgan fingerprint density at radius 1 is 0.338 bits per heavy atom. The number of rotatable bonds is 5. The Balaban J connectivity index is 0.942. The van der Waals surface area contributed by atoms with E-state index < -0.39 is 0 Å². The Morgan fingerprint density at radius 3 is 1.51 bits per heavy atom. The number of benzene rings is 10. The van der Waals surface area contributed by atoms with Gasteiger partial charge in [0.2, 0.25) is 0 Å². The molecule has 0 fully saturated rings. The van der Waals surface area contributed by atoms with Crippen molar-refractivity contribution in [1.82, 2.24) is 0 Å². The second-order valence-electron chi connectivity index (χ2n) is 22.9. The fourth-order valence-corrected chi connectivity index (χ4v) is 14.2. The normalized spacial score (nSPS) is 15.1. The van der Waals surface area contributed by atoms with Crippen LogP contribution in [-0.2, 0) is 16.2 Å². The first kappa shape index (κ1) is 43.2. The van der Waals surface area contributed by atoms with Crippen LogP contribution in [0.15, 0.2) is 197 Å². The van der Waals surface area contributed by atoms with Crippen LogP contribution in [0.4, 0.5) is 17.1 Å². The van der Waals surface area contributed by atoms with Crippen LogP contribution in [0.3, 0.4) is 0 Å². The lowest BCUT2D eigenvalue weighted by molar-refractivity contribution is 0.600. The van der Waals surface area contributed by atoms with E-state index >= 15 is 0 Å². The van der Waals surface area contributed by atoms with E-state index in [2.05, 4.69) is 248 Å². The average molecular weight is 954 g/mol. The maximum atomic E-state index is 7.07. The van der Waals surface area contributed by atoms with Gasteiger partial charge in [0.05, 0.1) is 0 Å². The van der Waals surface area contributed by atoms with Crippen molar-refractivity contribution in [3.05, 3.63) is 233 Å². The van der Waals surface area contributed by atoms with Gasteiger partial charge in [0.15, 0.2) is 0 Å². The molecule has 0 saturated heterocycles. The number of fused-ring (bicyclic) bond motifs is 19. The maximum Gasteiger partial charge on any atom is 0.144 e. The largest absolute Gasteiger partial charge is 0.455 e. The smallest absolute Gasteiger partial charge is 0.144 e. The van der Waals surface area contributed by atoms with Gasteiger partial charge in [-0.1, -0.05) is 175 Å². The summed E-state index contributed by atoms with van der Waals surface area (Å²) in [6.45, 7) is 19.0. The molecule has 0 aliphatic heterocycles. The summed E-state index contributed by atoms with van der Waals surface area (Å²) < 4.78 is 14.1. The molecule has 356 valence electrons. The van der Waals surface area contributed by atoms with E-state index in [0.29, 0.717) is 0 Å². The zero-order valence-corrected chi connectivity index (χ0v) is 43.2. The lowest BCUT2D eigenvalue weighted by atomic mass is 9.72. The van der Waals surface area contributed by atoms with Gasteiger partial charge >= 0.3 is 0 Å². The first-order chi connectivity index (χ1) is 35.8. The van der Waals surface area contributed by atoms with E-state index in [1.807, 2.05) is 0 Å². The molecule has 0 N–H and O–H groups in total. The van der Waals surface area contributed by atoms with Crippen molar-refractivity contribution < 1.29 is 8.83 Å². The predicted octanol–water partition coefficient (Wildman–Crippen LogP) is 19.8. The zero-order valence-electron chi connectivity index (χ0n) is 43.2. The lowest BCUT2D eigenvalue weighted by Crippen LogP contribution is -2.24. The van der Waals surface area contributed by atoms with E-state index in [1.165, 1.54) is 111 Å². The van der Waals surface area contributed by atoms with Crippen LogP contribution >= 0.6 is 0 Å². The van der Waals surface area contributed by atoms with E-state index in [1.54, 1.807) is 0 Å². The van der Waals surface area contributed by atoms with Crippen molar-refractivity contribution in [3.63, 3.8) is 0 Å². The SMILES string of the molecule is Cc1cc(C)cc(N(c2ccc3c(c2)C(C)(C)c2cc(-c4ccccc4-c4ccccc4)c4oc5ccccc5c4c2-3)c2ccc3c(c2)C(C)(C)c2c4c(c5c(oc6ccccc65)c2-3)-c2ccccc2C4(C)C)c1. The number of hydrogen-bond donors (Lipinski definition) is 0. The van der Waals surface area contributed by atoms with Gasteiger partial charge in [-0.3, -0.25) is 0 Å². The van der Waals surface area contributed by atoms with Crippen LogP contribution in [-0.4, -0.2) is 0 Å². The first-order valence-corrected chi connectivity index (χ1v) is 26.2. The number of nitrogens with zero attached hydrogens (tertiary/aromatic N) is 1. The van der Waals surface area contributed by atoms with Crippen molar-refractivity contribution in [2.75, 3.05) is 4.90 Å². The lowest BCUT2D eigenvalue weighted by Gasteiger charge is -2.32. The molecule has 0 saturated carbocycles. The quantitative estimate of drug-likeness (QED) is 0.172.